The van der Waals surface area contributed by atoms with Gasteiger partial charge in [-0.2, -0.15) is 10.5 Å². The lowest BCUT2D eigenvalue weighted by molar-refractivity contribution is 0.590. The monoisotopic (exact) mass is 337 g/mol. The van der Waals surface area contributed by atoms with Gasteiger partial charge in [0.1, 0.15) is 12.1 Å². The predicted molar refractivity (Wildman–Crippen MR) is 103 cm³/mol. The molecule has 26 heavy (non-hydrogen) atoms. The summed E-state index contributed by atoms with van der Waals surface area (Å²) in [6, 6.07) is 22.1. The molecule has 0 fully saturated rings. The summed E-state index contributed by atoms with van der Waals surface area (Å²) in [5, 5.41) is 19.4. The van der Waals surface area contributed by atoms with Crippen molar-refractivity contribution in [3.05, 3.63) is 77.5 Å². The smallest absolute Gasteiger partial charge is 0.102 e. The maximum Gasteiger partial charge on any atom is 0.102 e. The van der Waals surface area contributed by atoms with Crippen molar-refractivity contribution in [3.8, 4) is 34.5 Å². The fourth-order valence-electron chi connectivity index (χ4n) is 2.96. The Morgan fingerprint density at radius 3 is 2.00 bits per heavy atom. The van der Waals surface area contributed by atoms with Crippen LogP contribution in [-0.2, 0) is 5.41 Å². The van der Waals surface area contributed by atoms with Crippen molar-refractivity contribution in [2.45, 2.75) is 26.2 Å². The third-order valence-electron chi connectivity index (χ3n) is 4.40. The van der Waals surface area contributed by atoms with Crippen molar-refractivity contribution < 1.29 is 0 Å². The highest BCUT2D eigenvalue weighted by molar-refractivity contribution is 5.83. The van der Waals surface area contributed by atoms with Gasteiger partial charge in [0.05, 0.1) is 16.8 Å². The van der Waals surface area contributed by atoms with Crippen molar-refractivity contribution in [1.29, 1.82) is 10.5 Å². The Morgan fingerprint density at radius 2 is 1.46 bits per heavy atom. The molecule has 3 rings (SSSR count). The number of nitriles is 2. The van der Waals surface area contributed by atoms with E-state index in [0.717, 1.165) is 11.1 Å². The molecule has 3 aromatic rings. The molecule has 0 saturated carbocycles. The molecular formula is C23H19N3. The Bertz CT molecular complexity index is 1010. The van der Waals surface area contributed by atoms with Gasteiger partial charge >= 0.3 is 0 Å². The van der Waals surface area contributed by atoms with E-state index in [-0.39, 0.29) is 5.41 Å². The van der Waals surface area contributed by atoms with Crippen LogP contribution in [-0.4, -0.2) is 4.98 Å². The molecule has 3 heteroatoms. The fraction of sp³-hybridized carbons (Fsp3) is 0.174. The number of benzene rings is 2. The van der Waals surface area contributed by atoms with E-state index in [0.29, 0.717) is 22.4 Å². The van der Waals surface area contributed by atoms with E-state index in [4.69, 9.17) is 0 Å². The quantitative estimate of drug-likeness (QED) is 0.624. The summed E-state index contributed by atoms with van der Waals surface area (Å²) < 4.78 is 0. The molecule has 0 aliphatic carbocycles. The zero-order valence-electron chi connectivity index (χ0n) is 15.1. The molecule has 0 N–H and O–H groups in total. The average Bonchev–Trinajstić information content (AvgIpc) is 2.66. The number of aromatic nitrogens is 1. The van der Waals surface area contributed by atoms with E-state index in [1.165, 1.54) is 5.56 Å². The second kappa shape index (κ2) is 6.82. The molecule has 2 aromatic carbocycles. The Labute approximate surface area is 154 Å². The maximum atomic E-state index is 9.83. The van der Waals surface area contributed by atoms with Gasteiger partial charge in [0.2, 0.25) is 0 Å². The van der Waals surface area contributed by atoms with Crippen molar-refractivity contribution in [1.82, 2.24) is 4.98 Å². The highest BCUT2D eigenvalue weighted by Gasteiger charge is 2.19. The lowest BCUT2D eigenvalue weighted by Gasteiger charge is -2.19. The third kappa shape index (κ3) is 3.21. The first kappa shape index (κ1) is 17.4. The normalized spacial score (nSPS) is 10.8. The minimum atomic E-state index is 0.0437. The number of hydrogen-bond acceptors (Lipinski definition) is 3. The standard InChI is InChI=1S/C23H19N3/c1-23(2,3)19-11-9-16(10-12-19)21-18(13-24)15-26-22(20(21)14-25)17-7-5-4-6-8-17/h4-12,15H,1-3H3. The molecule has 1 heterocycles. The first-order valence-electron chi connectivity index (χ1n) is 8.45. The minimum absolute atomic E-state index is 0.0437. The van der Waals surface area contributed by atoms with Gasteiger partial charge in [-0.3, -0.25) is 4.98 Å². The largest absolute Gasteiger partial charge is 0.253 e. The second-order valence-electron chi connectivity index (χ2n) is 7.19. The number of nitrogens with zero attached hydrogens (tertiary/aromatic N) is 3. The van der Waals surface area contributed by atoms with Crippen LogP contribution in [0, 0.1) is 22.7 Å². The molecular weight excluding hydrogens is 318 g/mol. The summed E-state index contributed by atoms with van der Waals surface area (Å²) in [6.45, 7) is 6.47. The van der Waals surface area contributed by atoms with E-state index in [1.807, 2.05) is 42.5 Å². The zero-order chi connectivity index (χ0) is 18.7. The molecule has 0 bridgehead atoms. The highest BCUT2D eigenvalue weighted by atomic mass is 14.7. The number of rotatable bonds is 2. The van der Waals surface area contributed by atoms with Crippen LogP contribution in [0.1, 0.15) is 37.5 Å². The highest BCUT2D eigenvalue weighted by Crippen LogP contribution is 2.34. The molecule has 1 aromatic heterocycles. The topological polar surface area (TPSA) is 60.5 Å². The number of pyridine rings is 1. The zero-order valence-corrected chi connectivity index (χ0v) is 15.1. The number of hydrogen-bond donors (Lipinski definition) is 0. The average molecular weight is 337 g/mol. The molecule has 0 radical (unpaired) electrons. The molecule has 0 aliphatic heterocycles. The Kier molecular flexibility index (Phi) is 4.57. The minimum Gasteiger partial charge on any atom is -0.253 e. The van der Waals surface area contributed by atoms with E-state index in [9.17, 15) is 10.5 Å². The fourth-order valence-corrected chi connectivity index (χ4v) is 2.96. The lowest BCUT2D eigenvalue weighted by atomic mass is 9.85. The van der Waals surface area contributed by atoms with Gasteiger partial charge < -0.3 is 0 Å². The first-order chi connectivity index (χ1) is 12.5. The van der Waals surface area contributed by atoms with Crippen molar-refractivity contribution in [2.24, 2.45) is 0 Å². The van der Waals surface area contributed by atoms with Crippen LogP contribution in [0.2, 0.25) is 0 Å². The van der Waals surface area contributed by atoms with Crippen molar-refractivity contribution in [3.63, 3.8) is 0 Å². The molecule has 0 saturated heterocycles. The maximum absolute atomic E-state index is 9.83. The van der Waals surface area contributed by atoms with Crippen LogP contribution >= 0.6 is 0 Å². The Hall–Kier alpha value is -3.43. The first-order valence-corrected chi connectivity index (χ1v) is 8.45. The van der Waals surface area contributed by atoms with Crippen LogP contribution in [0.4, 0.5) is 0 Å². The Balaban J connectivity index is 2.24. The van der Waals surface area contributed by atoms with Gasteiger partial charge in [-0.1, -0.05) is 75.4 Å². The van der Waals surface area contributed by atoms with Gasteiger partial charge in [0.15, 0.2) is 0 Å². The van der Waals surface area contributed by atoms with Crippen LogP contribution in [0.5, 0.6) is 0 Å². The SMILES string of the molecule is CC(C)(C)c1ccc(-c2c(C#N)cnc(-c3ccccc3)c2C#N)cc1. The van der Waals surface area contributed by atoms with E-state index < -0.39 is 0 Å². The van der Waals surface area contributed by atoms with Crippen molar-refractivity contribution in [2.75, 3.05) is 0 Å². The summed E-state index contributed by atoms with van der Waals surface area (Å²) in [6.07, 6.45) is 1.55. The molecule has 126 valence electrons. The van der Waals surface area contributed by atoms with Crippen LogP contribution in [0.25, 0.3) is 22.4 Å². The molecule has 3 nitrogen and oxygen atoms in total. The summed E-state index contributed by atoms with van der Waals surface area (Å²) >= 11 is 0. The molecule has 0 unspecified atom stereocenters. The Morgan fingerprint density at radius 1 is 0.808 bits per heavy atom. The molecule has 0 spiro atoms. The summed E-state index contributed by atoms with van der Waals surface area (Å²) in [5.74, 6) is 0. The van der Waals surface area contributed by atoms with Gasteiger partial charge in [-0.25, -0.2) is 0 Å². The van der Waals surface area contributed by atoms with Gasteiger partial charge in [-0.15, -0.1) is 0 Å². The summed E-state index contributed by atoms with van der Waals surface area (Å²) in [4.78, 5) is 4.39. The predicted octanol–water partition coefficient (Wildman–Crippen LogP) is 5.46. The van der Waals surface area contributed by atoms with Crippen LogP contribution in [0.3, 0.4) is 0 Å². The second-order valence-corrected chi connectivity index (χ2v) is 7.19. The summed E-state index contributed by atoms with van der Waals surface area (Å²) in [7, 11) is 0. The van der Waals surface area contributed by atoms with E-state index in [2.05, 4.69) is 50.0 Å². The third-order valence-corrected chi connectivity index (χ3v) is 4.40. The van der Waals surface area contributed by atoms with Gasteiger partial charge in [0, 0.05) is 17.3 Å². The van der Waals surface area contributed by atoms with E-state index >= 15 is 0 Å². The van der Waals surface area contributed by atoms with Gasteiger partial charge in [-0.05, 0) is 16.5 Å². The molecule has 0 aliphatic rings. The van der Waals surface area contributed by atoms with Crippen molar-refractivity contribution >= 4 is 0 Å². The van der Waals surface area contributed by atoms with Gasteiger partial charge in [0.25, 0.3) is 0 Å². The lowest BCUT2D eigenvalue weighted by Crippen LogP contribution is -2.10. The van der Waals surface area contributed by atoms with E-state index in [1.54, 1.807) is 6.20 Å². The summed E-state index contributed by atoms with van der Waals surface area (Å²) in [5.41, 5.74) is 5.04. The molecule has 0 atom stereocenters. The van der Waals surface area contributed by atoms with Crippen LogP contribution < -0.4 is 0 Å². The van der Waals surface area contributed by atoms with Crippen LogP contribution in [0.15, 0.2) is 60.8 Å². The molecule has 0 amide bonds.